The Balaban J connectivity index is 2.77. The maximum atomic E-state index is 11.8. The summed E-state index contributed by atoms with van der Waals surface area (Å²) >= 11 is 0. The van der Waals surface area contributed by atoms with Gasteiger partial charge >= 0.3 is 0 Å². The third-order valence-corrected chi connectivity index (χ3v) is 3.99. The van der Waals surface area contributed by atoms with Gasteiger partial charge in [0, 0.05) is 6.07 Å². The summed E-state index contributed by atoms with van der Waals surface area (Å²) in [6.45, 7) is 6.45. The fourth-order valence-corrected chi connectivity index (χ4v) is 2.77. The molecule has 6 nitrogen and oxygen atoms in total. The molecule has 0 spiro atoms. The number of aliphatic hydroxyl groups is 1. The molecular formula is C10H18N2O4S. The molecule has 0 radical (unpaired) electrons. The van der Waals surface area contributed by atoms with E-state index in [1.165, 1.54) is 6.92 Å². The van der Waals surface area contributed by atoms with Crippen LogP contribution in [-0.2, 0) is 15.8 Å². The van der Waals surface area contributed by atoms with Crippen molar-refractivity contribution in [2.75, 3.05) is 0 Å². The van der Waals surface area contributed by atoms with Crippen molar-refractivity contribution in [1.82, 2.24) is 9.88 Å². The second kappa shape index (κ2) is 4.75. The van der Waals surface area contributed by atoms with Crippen molar-refractivity contribution in [2.45, 2.75) is 45.1 Å². The quantitative estimate of drug-likeness (QED) is 0.809. The molecular weight excluding hydrogens is 244 g/mol. The first-order valence-corrected chi connectivity index (χ1v) is 6.89. The summed E-state index contributed by atoms with van der Waals surface area (Å²) in [4.78, 5) is 0. The van der Waals surface area contributed by atoms with Gasteiger partial charge in [0.05, 0.1) is 11.6 Å². The molecule has 0 saturated carbocycles. The largest absolute Gasteiger partial charge is 0.391 e. The zero-order valence-corrected chi connectivity index (χ0v) is 11.2. The number of nitrogens with one attached hydrogen (secondary N) is 1. The third-order valence-electron chi connectivity index (χ3n) is 2.48. The van der Waals surface area contributed by atoms with Crippen molar-refractivity contribution in [2.24, 2.45) is 0 Å². The molecule has 0 amide bonds. The van der Waals surface area contributed by atoms with E-state index in [0.717, 1.165) is 0 Å². The monoisotopic (exact) mass is 262 g/mol. The molecule has 17 heavy (non-hydrogen) atoms. The van der Waals surface area contributed by atoms with Gasteiger partial charge in [-0.2, -0.15) is 0 Å². The summed E-state index contributed by atoms with van der Waals surface area (Å²) in [5, 5.41) is 13.1. The predicted molar refractivity (Wildman–Crippen MR) is 62.8 cm³/mol. The number of nitrogens with zero attached hydrogens (tertiary/aromatic N) is 1. The number of aliphatic hydroxyl groups excluding tert-OH is 1. The van der Waals surface area contributed by atoms with E-state index >= 15 is 0 Å². The van der Waals surface area contributed by atoms with Crippen LogP contribution in [0.1, 0.15) is 32.2 Å². The van der Waals surface area contributed by atoms with Gasteiger partial charge < -0.3 is 9.63 Å². The summed E-state index contributed by atoms with van der Waals surface area (Å²) < 4.78 is 30.9. The Labute approximate surface area is 101 Å². The maximum Gasteiger partial charge on any atom is 0.218 e. The Morgan fingerprint density at radius 2 is 2.18 bits per heavy atom. The summed E-state index contributed by atoms with van der Waals surface area (Å²) in [6.07, 6.45) is -0.795. The maximum absolute atomic E-state index is 11.8. The van der Waals surface area contributed by atoms with E-state index in [-0.39, 0.29) is 5.75 Å². The highest BCUT2D eigenvalue weighted by Gasteiger charge is 2.30. The fourth-order valence-electron chi connectivity index (χ4n) is 1.20. The molecule has 0 aliphatic carbocycles. The van der Waals surface area contributed by atoms with Crippen LogP contribution in [0.2, 0.25) is 0 Å². The zero-order chi connectivity index (χ0) is 13.3. The summed E-state index contributed by atoms with van der Waals surface area (Å²) in [5.74, 6) is 0.297. The SMILES string of the molecule is Cc1cc(CS(=O)(=O)NC(C)(C)C(C)O)no1. The first-order valence-electron chi connectivity index (χ1n) is 5.24. The number of aromatic nitrogens is 1. The molecule has 0 aliphatic rings. The van der Waals surface area contributed by atoms with Crippen LogP contribution in [0.25, 0.3) is 0 Å². The standard InChI is InChI=1S/C10H18N2O4S/c1-7-5-9(11-16-7)6-17(14,15)12-10(3,4)8(2)13/h5,8,12-13H,6H2,1-4H3. The lowest BCUT2D eigenvalue weighted by Gasteiger charge is -2.28. The van der Waals surface area contributed by atoms with Crippen LogP contribution in [-0.4, -0.2) is 30.3 Å². The Hall–Kier alpha value is -0.920. The van der Waals surface area contributed by atoms with Crippen LogP contribution in [0.15, 0.2) is 10.6 Å². The molecule has 0 aliphatic heterocycles. The van der Waals surface area contributed by atoms with Crippen LogP contribution in [0, 0.1) is 6.92 Å². The normalized spacial score (nSPS) is 14.9. The van der Waals surface area contributed by atoms with E-state index in [1.54, 1.807) is 26.8 Å². The summed E-state index contributed by atoms with van der Waals surface area (Å²) in [6, 6.07) is 1.56. The molecule has 0 fully saturated rings. The Morgan fingerprint density at radius 1 is 1.59 bits per heavy atom. The molecule has 1 atom stereocenters. The predicted octanol–water partition coefficient (Wildman–Crippen LogP) is 0.562. The second-order valence-electron chi connectivity index (χ2n) is 4.69. The fraction of sp³-hybridized carbons (Fsp3) is 0.700. The van der Waals surface area contributed by atoms with Crippen molar-refractivity contribution in [1.29, 1.82) is 0 Å². The highest BCUT2D eigenvalue weighted by molar-refractivity contribution is 7.88. The minimum absolute atomic E-state index is 0.263. The van der Waals surface area contributed by atoms with Gasteiger partial charge in [0.2, 0.25) is 10.0 Å². The van der Waals surface area contributed by atoms with Gasteiger partial charge in [0.15, 0.2) is 0 Å². The molecule has 2 N–H and O–H groups in total. The molecule has 1 heterocycles. The Morgan fingerprint density at radius 3 is 2.59 bits per heavy atom. The van der Waals surface area contributed by atoms with Crippen LogP contribution in [0.3, 0.4) is 0 Å². The third kappa shape index (κ3) is 4.10. The van der Waals surface area contributed by atoms with E-state index in [1.807, 2.05) is 0 Å². The van der Waals surface area contributed by atoms with Crippen LogP contribution >= 0.6 is 0 Å². The Bertz CT molecular complexity index is 476. The average molecular weight is 262 g/mol. The van der Waals surface area contributed by atoms with Gasteiger partial charge in [-0.25, -0.2) is 13.1 Å². The molecule has 1 unspecified atom stereocenters. The summed E-state index contributed by atoms with van der Waals surface area (Å²) in [5.41, 5.74) is -0.575. The van der Waals surface area contributed by atoms with Gasteiger partial charge in [0.25, 0.3) is 0 Å². The second-order valence-corrected chi connectivity index (χ2v) is 6.41. The van der Waals surface area contributed by atoms with Crippen molar-refractivity contribution in [3.8, 4) is 0 Å². The number of hydrogen-bond acceptors (Lipinski definition) is 5. The molecule has 1 aromatic heterocycles. The average Bonchev–Trinajstić information content (AvgIpc) is 2.47. The minimum atomic E-state index is -3.56. The van der Waals surface area contributed by atoms with E-state index in [0.29, 0.717) is 11.5 Å². The van der Waals surface area contributed by atoms with Crippen molar-refractivity contribution in [3.63, 3.8) is 0 Å². The van der Waals surface area contributed by atoms with Crippen molar-refractivity contribution in [3.05, 3.63) is 17.5 Å². The number of hydrogen-bond donors (Lipinski definition) is 2. The zero-order valence-electron chi connectivity index (χ0n) is 10.4. The number of aryl methyl sites for hydroxylation is 1. The van der Waals surface area contributed by atoms with Gasteiger partial charge in [-0.15, -0.1) is 0 Å². The number of rotatable bonds is 5. The smallest absolute Gasteiger partial charge is 0.218 e. The molecule has 1 aromatic rings. The molecule has 0 bridgehead atoms. The van der Waals surface area contributed by atoms with Crippen molar-refractivity contribution < 1.29 is 18.0 Å². The van der Waals surface area contributed by atoms with Gasteiger partial charge in [0.1, 0.15) is 17.2 Å². The van der Waals surface area contributed by atoms with E-state index in [2.05, 4.69) is 9.88 Å². The lowest BCUT2D eigenvalue weighted by atomic mass is 10.0. The first kappa shape index (κ1) is 14.1. The Kier molecular flexibility index (Phi) is 3.95. The van der Waals surface area contributed by atoms with Gasteiger partial charge in [-0.3, -0.25) is 0 Å². The lowest BCUT2D eigenvalue weighted by molar-refractivity contribution is 0.111. The minimum Gasteiger partial charge on any atom is -0.391 e. The molecule has 7 heteroatoms. The summed E-state index contributed by atoms with van der Waals surface area (Å²) in [7, 11) is -3.56. The molecule has 0 saturated heterocycles. The van der Waals surface area contributed by atoms with E-state index in [9.17, 15) is 13.5 Å². The molecule has 0 aromatic carbocycles. The topological polar surface area (TPSA) is 92.4 Å². The van der Waals surface area contributed by atoms with E-state index < -0.39 is 21.7 Å². The van der Waals surface area contributed by atoms with Gasteiger partial charge in [-0.05, 0) is 27.7 Å². The molecule has 98 valence electrons. The first-order chi connectivity index (χ1) is 7.62. The lowest BCUT2D eigenvalue weighted by Crippen LogP contribution is -2.51. The van der Waals surface area contributed by atoms with Crippen LogP contribution in [0.4, 0.5) is 0 Å². The van der Waals surface area contributed by atoms with Crippen LogP contribution in [0.5, 0.6) is 0 Å². The molecule has 1 rings (SSSR count). The highest BCUT2D eigenvalue weighted by atomic mass is 32.2. The van der Waals surface area contributed by atoms with E-state index in [4.69, 9.17) is 4.52 Å². The number of sulfonamides is 1. The highest BCUT2D eigenvalue weighted by Crippen LogP contribution is 2.13. The van der Waals surface area contributed by atoms with Crippen molar-refractivity contribution >= 4 is 10.0 Å². The van der Waals surface area contributed by atoms with Gasteiger partial charge in [-0.1, -0.05) is 5.16 Å². The van der Waals surface area contributed by atoms with Crippen LogP contribution < -0.4 is 4.72 Å².